The van der Waals surface area contributed by atoms with Crippen molar-refractivity contribution in [3.63, 3.8) is 0 Å². The summed E-state index contributed by atoms with van der Waals surface area (Å²) in [5, 5.41) is 47.1. The number of allylic oxidation sites excluding steroid dienone is 1. The van der Waals surface area contributed by atoms with E-state index in [0.29, 0.717) is 50.7 Å². The van der Waals surface area contributed by atoms with E-state index < -0.39 is 117 Å². The molecule has 11 rings (SSSR count). The van der Waals surface area contributed by atoms with E-state index in [4.69, 9.17) is 23.7 Å². The summed E-state index contributed by atoms with van der Waals surface area (Å²) in [5.41, 5.74) is -6.22. The fourth-order valence-electron chi connectivity index (χ4n) is 16.4. The van der Waals surface area contributed by atoms with Crippen molar-refractivity contribution in [3.8, 4) is 0 Å². The number of ether oxygens (including phenoxy) is 5. The zero-order valence-corrected chi connectivity index (χ0v) is 30.5. The van der Waals surface area contributed by atoms with Gasteiger partial charge in [-0.25, -0.2) is 0 Å². The van der Waals surface area contributed by atoms with E-state index in [1.54, 1.807) is 0 Å². The summed E-state index contributed by atoms with van der Waals surface area (Å²) in [4.78, 5) is 44.8. The van der Waals surface area contributed by atoms with E-state index in [1.165, 1.54) is 0 Å². The zero-order valence-electron chi connectivity index (χ0n) is 30.5. The van der Waals surface area contributed by atoms with Gasteiger partial charge in [0, 0.05) is 40.4 Å². The first-order valence-electron chi connectivity index (χ1n) is 19.9. The predicted octanol–water partition coefficient (Wildman–Crippen LogP) is 2.53. The van der Waals surface area contributed by atoms with Crippen molar-refractivity contribution in [3.05, 3.63) is 11.3 Å². The largest absolute Gasteiger partial charge is 0.482 e. The summed E-state index contributed by atoms with van der Waals surface area (Å²) in [5.74, 6) is -4.08. The third kappa shape index (κ3) is 3.29. The minimum atomic E-state index is -1.70. The van der Waals surface area contributed by atoms with Crippen LogP contribution in [0.1, 0.15) is 91.9 Å². The van der Waals surface area contributed by atoms with Crippen LogP contribution < -0.4 is 0 Å². The van der Waals surface area contributed by atoms with Crippen LogP contribution in [-0.2, 0) is 38.1 Å². The maximum absolute atomic E-state index is 15.6. The molecule has 0 unspecified atom stereocenters. The Kier molecular flexibility index (Phi) is 6.17. The first-order valence-corrected chi connectivity index (χ1v) is 19.9. The summed E-state index contributed by atoms with van der Waals surface area (Å²) in [6.07, 6.45) is -0.750. The molecule has 4 saturated heterocycles. The van der Waals surface area contributed by atoms with Gasteiger partial charge in [0.2, 0.25) is 0 Å². The van der Waals surface area contributed by atoms with Gasteiger partial charge >= 0.3 is 11.9 Å². The van der Waals surface area contributed by atoms with E-state index in [-0.39, 0.29) is 37.4 Å². The first-order chi connectivity index (χ1) is 24.5. The van der Waals surface area contributed by atoms with Gasteiger partial charge in [0.05, 0.1) is 25.4 Å². The molecule has 0 radical (unpaired) electrons. The molecule has 17 atom stereocenters. The summed E-state index contributed by atoms with van der Waals surface area (Å²) >= 11 is 0. The summed E-state index contributed by atoms with van der Waals surface area (Å²) in [6, 6.07) is 0. The second-order valence-corrected chi connectivity index (χ2v) is 20.4. The Hall–Kier alpha value is -2.09. The molecule has 0 aromatic heterocycles. The Bertz CT molecular complexity index is 1740. The molecule has 0 amide bonds. The molecule has 4 N–H and O–H groups in total. The van der Waals surface area contributed by atoms with E-state index in [0.717, 1.165) is 12.0 Å². The lowest BCUT2D eigenvalue weighted by Gasteiger charge is -2.63. The van der Waals surface area contributed by atoms with Gasteiger partial charge in [-0.3, -0.25) is 14.4 Å². The highest BCUT2D eigenvalue weighted by Crippen LogP contribution is 2.77. The topological polar surface area (TPSA) is 178 Å². The Morgan fingerprint density at radius 1 is 0.654 bits per heavy atom. The minimum Gasteiger partial charge on any atom is -0.482 e. The van der Waals surface area contributed by atoms with Crippen molar-refractivity contribution in [1.82, 2.24) is 0 Å². The third-order valence-corrected chi connectivity index (χ3v) is 17.8. The molecule has 0 aromatic rings. The van der Waals surface area contributed by atoms with Crippen LogP contribution in [0.5, 0.6) is 0 Å². The fraction of sp³-hybridized carbons (Fsp3) is 0.875. The lowest BCUT2D eigenvalue weighted by molar-refractivity contribution is -0.258. The van der Waals surface area contributed by atoms with Crippen LogP contribution in [0, 0.1) is 68.0 Å². The number of esters is 2. The second kappa shape index (κ2) is 9.64. The highest BCUT2D eigenvalue weighted by atomic mass is 16.6. The third-order valence-electron chi connectivity index (χ3n) is 17.8. The van der Waals surface area contributed by atoms with Crippen LogP contribution in [0.15, 0.2) is 11.3 Å². The SMILES string of the molecule is CC1(C)CC[C@@H]2OC(=O)[C@@]34C[C@@H](C[C@H](O)[C@H]3[C@]23CO[C@@H](O)[C@H]13)C1=C4O[C@]2(CC1)C(=O)[C@]13C[C@H]2C[C@H](O)[C@H]1[C@@]12CO[C@@H](O)[C@@H]1C(C)(C)CC[C@H]2OC3=O. The fourth-order valence-corrected chi connectivity index (χ4v) is 16.4. The molecule has 284 valence electrons. The molecule has 5 heterocycles. The second-order valence-electron chi connectivity index (χ2n) is 20.4. The number of Topliss-reactive ketones (excluding diaryl/α,β-unsaturated/α-hetero) is 1. The number of ketones is 1. The molecule has 11 aliphatic rings. The maximum atomic E-state index is 15.6. The number of aliphatic hydroxyl groups excluding tert-OH is 4. The molecule has 5 aliphatic heterocycles. The normalized spacial score (nSPS) is 58.5. The monoisotopic (exact) mass is 724 g/mol. The number of rotatable bonds is 0. The molecule has 9 fully saturated rings. The molecule has 5 saturated carbocycles. The molecular weight excluding hydrogens is 672 g/mol. The van der Waals surface area contributed by atoms with Gasteiger partial charge < -0.3 is 44.1 Å². The van der Waals surface area contributed by atoms with Crippen molar-refractivity contribution in [2.45, 2.75) is 135 Å². The maximum Gasteiger partial charge on any atom is 0.320 e. The van der Waals surface area contributed by atoms with Gasteiger partial charge in [-0.15, -0.1) is 0 Å². The average molecular weight is 725 g/mol. The van der Waals surface area contributed by atoms with E-state index in [1.807, 2.05) is 0 Å². The van der Waals surface area contributed by atoms with Crippen LogP contribution in [-0.4, -0.2) is 94.0 Å². The van der Waals surface area contributed by atoms with Crippen LogP contribution >= 0.6 is 0 Å². The standard InChI is InChI=1S/C40H52O12/c1-34(2)8-6-22-38(15-48-29(43)26(34)38)24-20(41)11-17-13-36(24,32(46)50-22)28-19(17)5-10-40(52-28)18-12-21(42)25-37(14-18,31(40)45)33(47)51-23-7-9-35(3,4)27-30(44)49-16-39(23,25)27/h17-18,20-27,29-30,41-44H,5-16H2,1-4H3/t17-,18-,20+,21+,22+,23-,24-,25-,26-,27-,29-,30-,36+,37+,38+,39+,40+/m1/s1. The zero-order chi connectivity index (χ0) is 36.3. The average Bonchev–Trinajstić information content (AvgIpc) is 3.75. The minimum absolute atomic E-state index is 0.0790. The number of hydrogen-bond donors (Lipinski definition) is 4. The number of fused-ring (bicyclic) bond motifs is 4. The summed E-state index contributed by atoms with van der Waals surface area (Å²) in [7, 11) is 0. The highest BCUT2D eigenvalue weighted by molar-refractivity contribution is 6.11. The Morgan fingerprint density at radius 2 is 1.19 bits per heavy atom. The van der Waals surface area contributed by atoms with Crippen molar-refractivity contribution >= 4 is 17.7 Å². The molecule has 0 aromatic carbocycles. The predicted molar refractivity (Wildman–Crippen MR) is 176 cm³/mol. The molecule has 5 spiro atoms. The Labute approximate surface area is 302 Å². The van der Waals surface area contributed by atoms with Crippen LogP contribution in [0.2, 0.25) is 0 Å². The van der Waals surface area contributed by atoms with E-state index >= 15 is 4.79 Å². The van der Waals surface area contributed by atoms with Gasteiger partial charge in [0.15, 0.2) is 24.0 Å². The quantitative estimate of drug-likeness (QED) is 0.212. The highest BCUT2D eigenvalue weighted by Gasteiger charge is 2.85. The molecule has 52 heavy (non-hydrogen) atoms. The van der Waals surface area contributed by atoms with E-state index in [2.05, 4.69) is 27.7 Å². The Morgan fingerprint density at radius 3 is 1.79 bits per heavy atom. The van der Waals surface area contributed by atoms with Gasteiger partial charge in [0.1, 0.15) is 28.8 Å². The lowest BCUT2D eigenvalue weighted by Crippen LogP contribution is -2.71. The van der Waals surface area contributed by atoms with Crippen molar-refractivity contribution < 1.29 is 58.5 Å². The number of carbonyl (C=O) groups is 3. The van der Waals surface area contributed by atoms with Crippen molar-refractivity contribution in [1.29, 1.82) is 0 Å². The van der Waals surface area contributed by atoms with Gasteiger partial charge in [-0.05, 0) is 86.5 Å². The van der Waals surface area contributed by atoms with Crippen LogP contribution in [0.3, 0.4) is 0 Å². The van der Waals surface area contributed by atoms with Crippen LogP contribution in [0.4, 0.5) is 0 Å². The van der Waals surface area contributed by atoms with Gasteiger partial charge in [-0.1, -0.05) is 27.7 Å². The van der Waals surface area contributed by atoms with E-state index in [9.17, 15) is 30.0 Å². The summed E-state index contributed by atoms with van der Waals surface area (Å²) < 4.78 is 32.0. The Balaban J connectivity index is 1.04. The molecule has 12 heteroatoms. The summed E-state index contributed by atoms with van der Waals surface area (Å²) in [6.45, 7) is 8.59. The number of carbonyl (C=O) groups excluding carboxylic acids is 3. The molecule has 12 nitrogen and oxygen atoms in total. The smallest absolute Gasteiger partial charge is 0.320 e. The van der Waals surface area contributed by atoms with Crippen LogP contribution in [0.25, 0.3) is 0 Å². The van der Waals surface area contributed by atoms with Gasteiger partial charge in [0.25, 0.3) is 0 Å². The lowest BCUT2D eigenvalue weighted by atomic mass is 9.43. The van der Waals surface area contributed by atoms with Crippen molar-refractivity contribution in [2.24, 2.45) is 68.0 Å². The first kappa shape index (κ1) is 33.3. The van der Waals surface area contributed by atoms with Crippen molar-refractivity contribution in [2.75, 3.05) is 13.2 Å². The number of aliphatic hydroxyl groups is 4. The van der Waals surface area contributed by atoms with Gasteiger partial charge in [-0.2, -0.15) is 0 Å². The molecule has 4 bridgehead atoms. The molecule has 6 aliphatic carbocycles. The number of hydrogen-bond acceptors (Lipinski definition) is 12. The molecular formula is C40H52O12.